The number of anilines is 1. The van der Waals surface area contributed by atoms with Crippen molar-refractivity contribution in [1.82, 2.24) is 9.62 Å². The highest BCUT2D eigenvalue weighted by Gasteiger charge is 2.76. The molecule has 1 spiro atoms. The van der Waals surface area contributed by atoms with Gasteiger partial charge in [0.15, 0.2) is 0 Å². The van der Waals surface area contributed by atoms with Gasteiger partial charge in [-0.1, -0.05) is 13.5 Å². The molecule has 7 nitrogen and oxygen atoms in total. The molecule has 4 unspecified atom stereocenters. The summed E-state index contributed by atoms with van der Waals surface area (Å²) in [6.45, 7) is 6.50. The Morgan fingerprint density at radius 2 is 1.82 bits per heavy atom. The number of hydrogen-bond donors (Lipinski definition) is 2. The molecular weight excluding hydrogens is 438 g/mol. The lowest BCUT2D eigenvalue weighted by atomic mass is 9.77. The summed E-state index contributed by atoms with van der Waals surface area (Å²) in [5, 5.41) is 5.91. The van der Waals surface area contributed by atoms with E-state index in [-0.39, 0.29) is 33.6 Å². The maximum absolute atomic E-state index is 13.3. The number of hydrogen-bond acceptors (Lipinski definition) is 4. The van der Waals surface area contributed by atoms with Crippen LogP contribution in [-0.2, 0) is 19.6 Å². The molecule has 4 aliphatic rings. The Bertz CT molecular complexity index is 1080. The van der Waals surface area contributed by atoms with E-state index in [0.717, 1.165) is 24.8 Å². The normalized spacial score (nSPS) is 33.7. The van der Waals surface area contributed by atoms with Crippen LogP contribution in [0.3, 0.4) is 0 Å². The van der Waals surface area contributed by atoms with E-state index in [4.69, 9.17) is 0 Å². The van der Waals surface area contributed by atoms with Crippen molar-refractivity contribution in [2.75, 3.05) is 18.4 Å². The van der Waals surface area contributed by atoms with Gasteiger partial charge in [-0.25, -0.2) is 8.42 Å². The number of piperidine rings is 1. The Morgan fingerprint density at radius 3 is 2.48 bits per heavy atom. The minimum Gasteiger partial charge on any atom is -0.353 e. The van der Waals surface area contributed by atoms with Crippen molar-refractivity contribution in [2.24, 2.45) is 22.7 Å². The van der Waals surface area contributed by atoms with Crippen molar-refractivity contribution in [1.29, 1.82) is 0 Å². The first-order valence-electron chi connectivity index (χ1n) is 12.0. The van der Waals surface area contributed by atoms with Gasteiger partial charge >= 0.3 is 0 Å². The topological polar surface area (TPSA) is 95.6 Å². The third-order valence-corrected chi connectivity index (χ3v) is 10.4. The van der Waals surface area contributed by atoms with Crippen molar-refractivity contribution in [3.63, 3.8) is 0 Å². The first-order valence-corrected chi connectivity index (χ1v) is 13.5. The molecule has 1 heterocycles. The summed E-state index contributed by atoms with van der Waals surface area (Å²) >= 11 is 0. The maximum Gasteiger partial charge on any atom is 0.247 e. The number of carbonyl (C=O) groups excluding carboxylic acids is 2. The van der Waals surface area contributed by atoms with Crippen LogP contribution in [0, 0.1) is 22.7 Å². The molecule has 1 saturated heterocycles. The Morgan fingerprint density at radius 1 is 1.12 bits per heavy atom. The third-order valence-electron chi connectivity index (χ3n) is 8.49. The Balaban J connectivity index is 1.17. The van der Waals surface area contributed by atoms with E-state index in [2.05, 4.69) is 24.1 Å². The number of carbonyl (C=O) groups is 2. The second kappa shape index (κ2) is 7.94. The number of nitrogens with one attached hydrogen (secondary N) is 2. The van der Waals surface area contributed by atoms with E-state index in [9.17, 15) is 18.0 Å². The van der Waals surface area contributed by atoms with Crippen LogP contribution in [0.2, 0.25) is 0 Å². The largest absolute Gasteiger partial charge is 0.353 e. The molecule has 0 radical (unpaired) electrons. The smallest absolute Gasteiger partial charge is 0.247 e. The molecule has 2 N–H and O–H groups in total. The lowest BCUT2D eigenvalue weighted by molar-refractivity contribution is -0.128. The molecule has 1 aromatic carbocycles. The van der Waals surface area contributed by atoms with Gasteiger partial charge in [-0.2, -0.15) is 4.31 Å². The molecule has 2 bridgehead atoms. The Kier molecular flexibility index (Phi) is 5.44. The van der Waals surface area contributed by atoms with Gasteiger partial charge in [-0.05, 0) is 92.5 Å². The molecule has 4 atom stereocenters. The molecule has 4 fully saturated rings. The monoisotopic (exact) mass is 471 g/mol. The van der Waals surface area contributed by atoms with Crippen molar-refractivity contribution in [3.8, 4) is 0 Å². The summed E-state index contributed by atoms with van der Waals surface area (Å²) in [5.41, 5.74) is 0.623. The quantitative estimate of drug-likeness (QED) is 0.623. The molecule has 0 aromatic heterocycles. The van der Waals surface area contributed by atoms with Gasteiger partial charge in [-0.3, -0.25) is 9.59 Å². The summed E-state index contributed by atoms with van der Waals surface area (Å²) in [6, 6.07) is 6.19. The Labute approximate surface area is 196 Å². The summed E-state index contributed by atoms with van der Waals surface area (Å²) in [5.74, 6) is 1.30. The molecular formula is C25H33N3O4S. The molecule has 3 aliphatic carbocycles. The maximum atomic E-state index is 13.3. The van der Waals surface area contributed by atoms with Crippen molar-refractivity contribution in [2.45, 2.75) is 62.8 Å². The Hall–Kier alpha value is -2.19. The van der Waals surface area contributed by atoms with Crippen LogP contribution >= 0.6 is 0 Å². The fourth-order valence-electron chi connectivity index (χ4n) is 7.07. The number of nitrogens with zero attached hydrogens (tertiary/aromatic N) is 1. The molecule has 3 saturated carbocycles. The number of sulfonamides is 1. The standard InChI is InChI=1S/C25H33N3O4S/c1-3-22(29)26-19-4-6-21(7-5-19)33(31,32)28-10-8-20(9-11-28)27-23(30)25-15-18-12-17(2)13-24(25,14-18)16-25/h3-7,17-18,20H,1,8-16H2,2H3,(H,26,29)(H,27,30). The highest BCUT2D eigenvalue weighted by atomic mass is 32.2. The van der Waals surface area contributed by atoms with Crippen LogP contribution in [0.15, 0.2) is 41.8 Å². The molecule has 33 heavy (non-hydrogen) atoms. The summed E-state index contributed by atoms with van der Waals surface area (Å²) in [6.07, 6.45) is 8.16. The molecule has 1 aliphatic heterocycles. The van der Waals surface area contributed by atoms with E-state index in [0.29, 0.717) is 37.5 Å². The van der Waals surface area contributed by atoms with Gasteiger partial charge in [0.2, 0.25) is 21.8 Å². The van der Waals surface area contributed by atoms with Crippen LogP contribution in [0.5, 0.6) is 0 Å². The van der Waals surface area contributed by atoms with E-state index in [1.165, 1.54) is 35.7 Å². The number of benzene rings is 1. The van der Waals surface area contributed by atoms with Crippen molar-refractivity contribution < 1.29 is 18.0 Å². The molecule has 178 valence electrons. The van der Waals surface area contributed by atoms with Gasteiger partial charge in [0.1, 0.15) is 0 Å². The highest BCUT2D eigenvalue weighted by molar-refractivity contribution is 7.89. The predicted octanol–water partition coefficient (Wildman–Crippen LogP) is 3.30. The van der Waals surface area contributed by atoms with Crippen LogP contribution in [-0.4, -0.2) is 43.7 Å². The third kappa shape index (κ3) is 3.81. The number of amides is 2. The van der Waals surface area contributed by atoms with Crippen LogP contribution < -0.4 is 10.6 Å². The van der Waals surface area contributed by atoms with Crippen LogP contribution in [0.1, 0.15) is 51.9 Å². The lowest BCUT2D eigenvalue weighted by Gasteiger charge is -2.32. The predicted molar refractivity (Wildman–Crippen MR) is 126 cm³/mol. The zero-order valence-electron chi connectivity index (χ0n) is 19.2. The van der Waals surface area contributed by atoms with Crippen LogP contribution in [0.4, 0.5) is 5.69 Å². The fourth-order valence-corrected chi connectivity index (χ4v) is 8.54. The van der Waals surface area contributed by atoms with Crippen LogP contribution in [0.25, 0.3) is 0 Å². The first-order chi connectivity index (χ1) is 15.7. The number of rotatable bonds is 6. The number of fused-ring (bicyclic) bond motifs is 1. The average Bonchev–Trinajstić information content (AvgIpc) is 3.30. The summed E-state index contributed by atoms with van der Waals surface area (Å²) in [4.78, 5) is 24.9. The van der Waals surface area contributed by atoms with Gasteiger partial charge in [0.05, 0.1) is 10.3 Å². The molecule has 2 amide bonds. The lowest BCUT2D eigenvalue weighted by Crippen LogP contribution is -2.48. The molecule has 1 aromatic rings. The van der Waals surface area contributed by atoms with Gasteiger partial charge in [0.25, 0.3) is 0 Å². The molecule has 5 rings (SSSR count). The average molecular weight is 472 g/mol. The van der Waals surface area contributed by atoms with Gasteiger partial charge in [0, 0.05) is 24.8 Å². The summed E-state index contributed by atoms with van der Waals surface area (Å²) in [7, 11) is -3.62. The second-order valence-corrected chi connectivity index (χ2v) is 12.7. The minimum atomic E-state index is -3.62. The highest BCUT2D eigenvalue weighted by Crippen LogP contribution is 2.80. The van der Waals surface area contributed by atoms with Gasteiger partial charge in [-0.15, -0.1) is 0 Å². The summed E-state index contributed by atoms with van der Waals surface area (Å²) < 4.78 is 27.6. The minimum absolute atomic E-state index is 0.0327. The van der Waals surface area contributed by atoms with E-state index in [1.807, 2.05) is 0 Å². The van der Waals surface area contributed by atoms with E-state index in [1.54, 1.807) is 12.1 Å². The van der Waals surface area contributed by atoms with Crippen molar-refractivity contribution >= 4 is 27.5 Å². The van der Waals surface area contributed by atoms with E-state index >= 15 is 0 Å². The zero-order valence-corrected chi connectivity index (χ0v) is 20.0. The van der Waals surface area contributed by atoms with Crippen molar-refractivity contribution in [3.05, 3.63) is 36.9 Å². The second-order valence-electron chi connectivity index (χ2n) is 10.7. The fraction of sp³-hybridized carbons (Fsp3) is 0.600. The van der Waals surface area contributed by atoms with Gasteiger partial charge < -0.3 is 10.6 Å². The molecule has 8 heteroatoms. The first kappa shape index (κ1) is 22.6. The SMILES string of the molecule is C=CC(=O)Nc1ccc(S(=O)(=O)N2CCC(NC(=O)C34CC5CC(C)CC3(C5)C4)CC2)cc1. The zero-order chi connectivity index (χ0) is 23.4. The van der Waals surface area contributed by atoms with E-state index < -0.39 is 10.0 Å².